The Morgan fingerprint density at radius 3 is 1.98 bits per heavy atom. The third kappa shape index (κ3) is 5.45. The maximum atomic E-state index is 14.5. The highest BCUT2D eigenvalue weighted by molar-refractivity contribution is 7.18. The number of hydrogen-bond acceptors (Lipinski definition) is 10. The molecule has 9 nitrogen and oxygen atoms in total. The zero-order chi connectivity index (χ0) is 32.7. The summed E-state index contributed by atoms with van der Waals surface area (Å²) in [5, 5.41) is 22.8. The summed E-state index contributed by atoms with van der Waals surface area (Å²) in [4.78, 5) is 35.2. The lowest BCUT2D eigenvalue weighted by Gasteiger charge is -2.33. The van der Waals surface area contributed by atoms with Gasteiger partial charge in [-0.15, -0.1) is 22.7 Å². The van der Waals surface area contributed by atoms with Gasteiger partial charge in [0.2, 0.25) is 10.9 Å². The second kappa shape index (κ2) is 12.5. The van der Waals surface area contributed by atoms with Gasteiger partial charge in [0.15, 0.2) is 0 Å². The SMILES string of the molecule is CC1CCN(c2c(-c3c(F)cc(F)cc3F)c(Cl)nc3ncnn23)CC1.N#Cc1sc2c(=O)c3ccccc3c(=O)c=2sc1C#N. The molecule has 0 N–H and O–H groups in total. The molecule has 0 amide bonds. The van der Waals surface area contributed by atoms with E-state index in [1.807, 2.05) is 17.0 Å². The first-order valence-electron chi connectivity index (χ1n) is 13.7. The van der Waals surface area contributed by atoms with Gasteiger partial charge in [0.25, 0.3) is 5.78 Å². The zero-order valence-electron chi connectivity index (χ0n) is 23.7. The number of piperidine rings is 1. The molecule has 1 saturated heterocycles. The summed E-state index contributed by atoms with van der Waals surface area (Å²) >= 11 is 8.10. The number of halogens is 4. The summed E-state index contributed by atoms with van der Waals surface area (Å²) in [5.74, 6) is -1.89. The molecule has 0 bridgehead atoms. The fraction of sp³-hybridized carbons (Fsp3) is 0.194. The first-order chi connectivity index (χ1) is 22.1. The van der Waals surface area contributed by atoms with Crippen molar-refractivity contribution in [2.75, 3.05) is 18.0 Å². The van der Waals surface area contributed by atoms with Crippen LogP contribution in [0.4, 0.5) is 19.0 Å². The smallest absolute Gasteiger partial charge is 0.255 e. The van der Waals surface area contributed by atoms with Crippen molar-refractivity contribution < 1.29 is 13.2 Å². The fourth-order valence-electron chi connectivity index (χ4n) is 5.27. The quantitative estimate of drug-likeness (QED) is 0.197. The van der Waals surface area contributed by atoms with Crippen LogP contribution < -0.4 is 15.8 Å². The minimum absolute atomic E-state index is 0.0502. The van der Waals surface area contributed by atoms with Crippen LogP contribution in [0.5, 0.6) is 0 Å². The third-order valence-corrected chi connectivity index (χ3v) is 10.3. The van der Waals surface area contributed by atoms with E-state index in [-0.39, 0.29) is 46.2 Å². The van der Waals surface area contributed by atoms with Crippen molar-refractivity contribution in [1.29, 1.82) is 10.5 Å². The fourth-order valence-corrected chi connectivity index (χ4v) is 7.58. The largest absolute Gasteiger partial charge is 0.356 e. The maximum Gasteiger partial charge on any atom is 0.255 e. The molecule has 4 heterocycles. The summed E-state index contributed by atoms with van der Waals surface area (Å²) in [6.07, 6.45) is 3.14. The van der Waals surface area contributed by atoms with Gasteiger partial charge in [-0.1, -0.05) is 42.8 Å². The molecule has 7 rings (SSSR count). The highest BCUT2D eigenvalue weighted by atomic mass is 35.5. The van der Waals surface area contributed by atoms with Gasteiger partial charge in [0, 0.05) is 36.0 Å². The summed E-state index contributed by atoms with van der Waals surface area (Å²) < 4.78 is 44.2. The number of anilines is 1. The summed E-state index contributed by atoms with van der Waals surface area (Å²) in [6, 6.07) is 11.6. The van der Waals surface area contributed by atoms with Crippen molar-refractivity contribution in [3.8, 4) is 23.3 Å². The average molecular weight is 678 g/mol. The molecule has 2 aliphatic heterocycles. The lowest BCUT2D eigenvalue weighted by molar-refractivity contribution is 0.435. The molecule has 0 atom stereocenters. The Morgan fingerprint density at radius 1 is 0.913 bits per heavy atom. The first-order valence-corrected chi connectivity index (χ1v) is 15.8. The minimum Gasteiger partial charge on any atom is -0.356 e. The molecular formula is C31H19ClF3N7O2S2. The van der Waals surface area contributed by atoms with Crippen LogP contribution in [0, 0.1) is 55.1 Å². The van der Waals surface area contributed by atoms with Crippen LogP contribution >= 0.6 is 34.3 Å². The van der Waals surface area contributed by atoms with E-state index in [0.29, 0.717) is 47.7 Å². The Bertz CT molecular complexity index is 2330. The molecule has 2 aromatic heterocycles. The van der Waals surface area contributed by atoms with E-state index >= 15 is 0 Å². The highest BCUT2D eigenvalue weighted by Gasteiger charge is 2.29. The van der Waals surface area contributed by atoms with Gasteiger partial charge in [-0.05, 0) is 18.8 Å². The molecule has 0 spiro atoms. The number of fused-ring (bicyclic) bond motifs is 2. The van der Waals surface area contributed by atoms with Crippen LogP contribution in [-0.2, 0) is 0 Å². The van der Waals surface area contributed by atoms with Gasteiger partial charge in [0.1, 0.15) is 56.6 Å². The molecule has 230 valence electrons. The second-order valence-electron chi connectivity index (χ2n) is 10.4. The van der Waals surface area contributed by atoms with Gasteiger partial charge in [0.05, 0.1) is 20.2 Å². The van der Waals surface area contributed by atoms with Crippen molar-refractivity contribution in [3.05, 3.63) is 105 Å². The predicted molar refractivity (Wildman–Crippen MR) is 169 cm³/mol. The monoisotopic (exact) mass is 677 g/mol. The van der Waals surface area contributed by atoms with Gasteiger partial charge in [-0.2, -0.15) is 30.1 Å². The van der Waals surface area contributed by atoms with Crippen molar-refractivity contribution in [1.82, 2.24) is 19.6 Å². The van der Waals surface area contributed by atoms with Crippen LogP contribution in [0.2, 0.25) is 5.15 Å². The third-order valence-electron chi connectivity index (χ3n) is 7.55. The molecule has 1 fully saturated rings. The maximum absolute atomic E-state index is 14.5. The molecule has 2 aromatic carbocycles. The molecule has 15 heteroatoms. The van der Waals surface area contributed by atoms with Crippen molar-refractivity contribution in [3.63, 3.8) is 0 Å². The number of nitrogens with zero attached hydrogens (tertiary/aromatic N) is 7. The van der Waals surface area contributed by atoms with E-state index in [0.717, 1.165) is 35.5 Å². The lowest BCUT2D eigenvalue weighted by atomic mass is 9.98. The van der Waals surface area contributed by atoms with Crippen molar-refractivity contribution in [2.45, 2.75) is 19.8 Å². The first kappa shape index (κ1) is 31.1. The normalized spacial score (nSPS) is 13.4. The van der Waals surface area contributed by atoms with E-state index in [4.69, 9.17) is 22.1 Å². The van der Waals surface area contributed by atoms with Crippen molar-refractivity contribution in [2.24, 2.45) is 5.92 Å². The Kier molecular flexibility index (Phi) is 8.44. The number of rotatable bonds is 2. The molecule has 1 aliphatic carbocycles. The highest BCUT2D eigenvalue weighted by Crippen LogP contribution is 2.40. The second-order valence-corrected chi connectivity index (χ2v) is 12.8. The Morgan fingerprint density at radius 2 is 1.46 bits per heavy atom. The summed E-state index contributed by atoms with van der Waals surface area (Å²) in [6.45, 7) is 3.50. The van der Waals surface area contributed by atoms with Crippen molar-refractivity contribution >= 4 is 56.6 Å². The Hall–Kier alpha value is -4.89. The molecule has 0 saturated carbocycles. The Labute approximate surface area is 270 Å². The van der Waals surface area contributed by atoms with E-state index < -0.39 is 23.0 Å². The molecular weight excluding hydrogens is 659 g/mol. The lowest BCUT2D eigenvalue weighted by Crippen LogP contribution is -2.35. The van der Waals surface area contributed by atoms with E-state index in [1.165, 1.54) is 10.8 Å². The molecule has 4 aromatic rings. The zero-order valence-corrected chi connectivity index (χ0v) is 26.1. The summed E-state index contributed by atoms with van der Waals surface area (Å²) in [7, 11) is 0. The standard InChI is InChI=1S/C17H15ClF3N5.C14H4N2O2S2/c1-9-2-4-25(5-3-9)16-14(13-11(20)6-10(19)7-12(13)21)15(18)24-17-22-8-23-26(16)17;15-5-9-10(6-16)20-14-12(18)8-4-2-1-3-7(8)11(17)13(14)19-9/h6-9H,2-5H2,1H3;1-4H. The molecule has 0 radical (unpaired) electrons. The van der Waals surface area contributed by atoms with Gasteiger partial charge in [-0.25, -0.2) is 13.2 Å². The van der Waals surface area contributed by atoms with Crippen LogP contribution in [0.15, 0.2) is 52.3 Å². The van der Waals surface area contributed by atoms with Gasteiger partial charge >= 0.3 is 0 Å². The molecule has 46 heavy (non-hydrogen) atoms. The van der Waals surface area contributed by atoms with Crippen LogP contribution in [0.25, 0.3) is 27.7 Å². The number of hydrogen-bond donors (Lipinski definition) is 0. The number of nitriles is 2. The van der Waals surface area contributed by atoms with Gasteiger partial charge in [-0.3, -0.25) is 9.59 Å². The number of benzene rings is 2. The van der Waals surface area contributed by atoms with E-state index in [9.17, 15) is 22.8 Å². The van der Waals surface area contributed by atoms with Crippen LogP contribution in [0.1, 0.15) is 29.5 Å². The average Bonchev–Trinajstić information content (AvgIpc) is 3.51. The summed E-state index contributed by atoms with van der Waals surface area (Å²) in [5.41, 5.74) is -0.904. The van der Waals surface area contributed by atoms with Crippen LogP contribution in [-0.4, -0.2) is 32.7 Å². The Balaban J connectivity index is 0.000000167. The van der Waals surface area contributed by atoms with Gasteiger partial charge < -0.3 is 4.90 Å². The topological polar surface area (TPSA) is 128 Å². The van der Waals surface area contributed by atoms with E-state index in [2.05, 4.69) is 22.0 Å². The predicted octanol–water partition coefficient (Wildman–Crippen LogP) is 6.25. The van der Waals surface area contributed by atoms with E-state index in [1.54, 1.807) is 24.3 Å². The van der Waals surface area contributed by atoms with Crippen LogP contribution in [0.3, 0.4) is 0 Å². The number of aromatic nitrogens is 4. The molecule has 3 aliphatic rings. The minimum atomic E-state index is -1.04. The molecule has 0 unspecified atom stereocenters.